The van der Waals surface area contributed by atoms with Gasteiger partial charge in [-0.25, -0.2) is 0 Å². The minimum absolute atomic E-state index is 0.0936. The lowest BCUT2D eigenvalue weighted by Gasteiger charge is -2.24. The quantitative estimate of drug-likeness (QED) is 0.514. The number of para-hydroxylation sites is 1. The highest BCUT2D eigenvalue weighted by molar-refractivity contribution is 6.35. The molecule has 0 heterocycles. The van der Waals surface area contributed by atoms with Crippen LogP contribution in [0.25, 0.3) is 0 Å². The van der Waals surface area contributed by atoms with Crippen molar-refractivity contribution >= 4 is 34.8 Å². The van der Waals surface area contributed by atoms with E-state index < -0.39 is 0 Å². The number of alkyl halides is 1. The fourth-order valence-corrected chi connectivity index (χ4v) is 2.39. The number of carbonyl (C=O) groups is 1. The fraction of sp³-hybridized carbons (Fsp3) is 0.533. The molecular weight excluding hydrogens is 313 g/mol. The lowest BCUT2D eigenvalue weighted by Crippen LogP contribution is -2.36. The predicted octanol–water partition coefficient (Wildman–Crippen LogP) is 3.27. The third-order valence-electron chi connectivity index (χ3n) is 2.91. The average Bonchev–Trinajstić information content (AvgIpc) is 2.47. The van der Waals surface area contributed by atoms with Crippen LogP contribution in [-0.4, -0.2) is 44.8 Å². The van der Waals surface area contributed by atoms with E-state index in [4.69, 9.17) is 32.7 Å². The number of halogens is 2. The number of hydrogen-bond donors (Lipinski definition) is 0. The molecule has 1 amide bonds. The van der Waals surface area contributed by atoms with Crippen molar-refractivity contribution in [1.82, 2.24) is 0 Å². The van der Waals surface area contributed by atoms with E-state index in [9.17, 15) is 4.79 Å². The van der Waals surface area contributed by atoms with Crippen LogP contribution in [0.4, 0.5) is 5.69 Å². The van der Waals surface area contributed by atoms with Crippen molar-refractivity contribution in [3.05, 3.63) is 28.8 Å². The Bertz CT molecular complexity index is 434. The number of ether oxygens (including phenoxy) is 2. The van der Waals surface area contributed by atoms with E-state index in [1.165, 1.54) is 0 Å². The van der Waals surface area contributed by atoms with Crippen LogP contribution in [0.3, 0.4) is 0 Å². The highest BCUT2D eigenvalue weighted by atomic mass is 35.5. The molecule has 0 aliphatic heterocycles. The zero-order valence-corrected chi connectivity index (χ0v) is 13.9. The first-order valence-corrected chi connectivity index (χ1v) is 7.80. The summed E-state index contributed by atoms with van der Waals surface area (Å²) in [4.78, 5) is 13.6. The van der Waals surface area contributed by atoms with Gasteiger partial charge in [0.05, 0.1) is 30.5 Å². The van der Waals surface area contributed by atoms with E-state index in [-0.39, 0.29) is 11.8 Å². The molecule has 0 unspecified atom stereocenters. The normalized spacial score (nSPS) is 10.7. The van der Waals surface area contributed by atoms with Crippen molar-refractivity contribution in [2.75, 3.05) is 43.8 Å². The van der Waals surface area contributed by atoms with Gasteiger partial charge in [0.15, 0.2) is 0 Å². The number of hydrogen-bond acceptors (Lipinski definition) is 3. The first-order chi connectivity index (χ1) is 10.1. The van der Waals surface area contributed by atoms with Gasteiger partial charge >= 0.3 is 0 Å². The van der Waals surface area contributed by atoms with Crippen LogP contribution in [0, 0.1) is 6.92 Å². The third-order valence-corrected chi connectivity index (χ3v) is 3.44. The zero-order valence-electron chi connectivity index (χ0n) is 12.4. The van der Waals surface area contributed by atoms with Gasteiger partial charge in [0, 0.05) is 13.2 Å². The maximum atomic E-state index is 12.0. The van der Waals surface area contributed by atoms with Crippen LogP contribution < -0.4 is 4.90 Å². The summed E-state index contributed by atoms with van der Waals surface area (Å²) in [6.45, 7) is 6.36. The van der Waals surface area contributed by atoms with Crippen LogP contribution in [0.15, 0.2) is 18.2 Å². The second-order valence-corrected chi connectivity index (χ2v) is 5.07. The summed E-state index contributed by atoms with van der Waals surface area (Å²) in [5.74, 6) is -0.287. The highest BCUT2D eigenvalue weighted by Crippen LogP contribution is 2.29. The van der Waals surface area contributed by atoms with Gasteiger partial charge in [-0.05, 0) is 25.5 Å². The Morgan fingerprint density at radius 3 is 2.57 bits per heavy atom. The minimum atomic E-state index is -0.193. The van der Waals surface area contributed by atoms with E-state index in [0.717, 1.165) is 5.56 Å². The van der Waals surface area contributed by atoms with Crippen molar-refractivity contribution in [1.29, 1.82) is 0 Å². The molecule has 1 aromatic rings. The molecule has 1 aromatic carbocycles. The van der Waals surface area contributed by atoms with Crippen LogP contribution in [-0.2, 0) is 14.3 Å². The molecule has 6 heteroatoms. The second kappa shape index (κ2) is 10.0. The van der Waals surface area contributed by atoms with E-state index in [1.54, 1.807) is 11.0 Å². The Hall–Kier alpha value is -0.810. The van der Waals surface area contributed by atoms with Gasteiger partial charge in [0.25, 0.3) is 0 Å². The molecule has 1 rings (SSSR count). The standard InChI is InChI=1S/C15H21Cl2NO3/c1-3-20-9-10-21-8-7-18(14(19)11-16)15-12(2)5-4-6-13(15)17/h4-6H,3,7-11H2,1-2H3. The van der Waals surface area contributed by atoms with Crippen LogP contribution in [0.1, 0.15) is 12.5 Å². The topological polar surface area (TPSA) is 38.8 Å². The zero-order chi connectivity index (χ0) is 15.7. The van der Waals surface area contributed by atoms with Crippen molar-refractivity contribution in [3.63, 3.8) is 0 Å². The van der Waals surface area contributed by atoms with Crippen LogP contribution in [0.2, 0.25) is 5.02 Å². The molecule has 4 nitrogen and oxygen atoms in total. The van der Waals surface area contributed by atoms with Crippen LogP contribution in [0.5, 0.6) is 0 Å². The van der Waals surface area contributed by atoms with Gasteiger partial charge in [-0.3, -0.25) is 4.79 Å². The van der Waals surface area contributed by atoms with E-state index in [0.29, 0.717) is 43.7 Å². The molecule has 0 spiro atoms. The first kappa shape index (κ1) is 18.2. The molecule has 0 aliphatic rings. The van der Waals surface area contributed by atoms with Crippen molar-refractivity contribution in [2.45, 2.75) is 13.8 Å². The van der Waals surface area contributed by atoms with Gasteiger partial charge in [-0.15, -0.1) is 11.6 Å². The maximum absolute atomic E-state index is 12.0. The molecule has 0 radical (unpaired) electrons. The summed E-state index contributed by atoms with van der Waals surface area (Å²) in [5.41, 5.74) is 1.62. The number of benzene rings is 1. The SMILES string of the molecule is CCOCCOCCN(C(=O)CCl)c1c(C)cccc1Cl. The van der Waals surface area contributed by atoms with E-state index in [1.807, 2.05) is 26.0 Å². The van der Waals surface area contributed by atoms with Crippen molar-refractivity contribution in [3.8, 4) is 0 Å². The van der Waals surface area contributed by atoms with Crippen molar-refractivity contribution < 1.29 is 14.3 Å². The number of rotatable bonds is 9. The molecule has 0 saturated carbocycles. The Labute approximate surface area is 135 Å². The summed E-state index contributed by atoms with van der Waals surface area (Å²) in [6, 6.07) is 5.52. The molecule has 0 aliphatic carbocycles. The summed E-state index contributed by atoms with van der Waals surface area (Å²) in [7, 11) is 0. The average molecular weight is 334 g/mol. The largest absolute Gasteiger partial charge is 0.379 e. The third kappa shape index (κ3) is 5.83. The Morgan fingerprint density at radius 2 is 1.95 bits per heavy atom. The van der Waals surface area contributed by atoms with E-state index >= 15 is 0 Å². The molecule has 0 saturated heterocycles. The molecule has 0 fully saturated rings. The minimum Gasteiger partial charge on any atom is -0.379 e. The smallest absolute Gasteiger partial charge is 0.242 e. The molecule has 21 heavy (non-hydrogen) atoms. The molecule has 0 aromatic heterocycles. The van der Waals surface area contributed by atoms with Gasteiger partial charge in [-0.2, -0.15) is 0 Å². The predicted molar refractivity (Wildman–Crippen MR) is 86.6 cm³/mol. The van der Waals surface area contributed by atoms with Gasteiger partial charge in [-0.1, -0.05) is 23.7 Å². The molecule has 0 N–H and O–H groups in total. The molecular formula is C15H21Cl2NO3. The number of anilines is 1. The number of aryl methyl sites for hydroxylation is 1. The molecule has 0 atom stereocenters. The van der Waals surface area contributed by atoms with Gasteiger partial charge in [0.2, 0.25) is 5.91 Å². The summed E-state index contributed by atoms with van der Waals surface area (Å²) in [5, 5.41) is 0.530. The highest BCUT2D eigenvalue weighted by Gasteiger charge is 2.19. The first-order valence-electron chi connectivity index (χ1n) is 6.88. The Morgan fingerprint density at radius 1 is 1.24 bits per heavy atom. The Balaban J connectivity index is 2.67. The van der Waals surface area contributed by atoms with Crippen molar-refractivity contribution in [2.24, 2.45) is 0 Å². The summed E-state index contributed by atoms with van der Waals surface area (Å²) < 4.78 is 10.6. The summed E-state index contributed by atoms with van der Waals surface area (Å²) >= 11 is 11.9. The fourth-order valence-electron chi connectivity index (χ4n) is 1.92. The number of carbonyl (C=O) groups excluding carboxylic acids is 1. The number of amides is 1. The number of nitrogens with zero attached hydrogens (tertiary/aromatic N) is 1. The monoisotopic (exact) mass is 333 g/mol. The molecule has 0 bridgehead atoms. The van der Waals surface area contributed by atoms with E-state index in [2.05, 4.69) is 0 Å². The second-order valence-electron chi connectivity index (χ2n) is 4.39. The molecule has 118 valence electrons. The lowest BCUT2D eigenvalue weighted by molar-refractivity contribution is -0.116. The van der Waals surface area contributed by atoms with Crippen LogP contribution >= 0.6 is 23.2 Å². The maximum Gasteiger partial charge on any atom is 0.242 e. The lowest BCUT2D eigenvalue weighted by atomic mass is 10.2. The Kier molecular flexibility index (Phi) is 8.69. The summed E-state index contributed by atoms with van der Waals surface area (Å²) in [6.07, 6.45) is 0. The van der Waals surface area contributed by atoms with Gasteiger partial charge < -0.3 is 14.4 Å². The van der Waals surface area contributed by atoms with Gasteiger partial charge in [0.1, 0.15) is 5.88 Å².